The van der Waals surface area contributed by atoms with Crippen molar-refractivity contribution in [3.05, 3.63) is 30.8 Å². The molecular formula is C19H23N7O3. The molecule has 3 aromatic rings. The third-order valence-electron chi connectivity index (χ3n) is 4.75. The van der Waals surface area contributed by atoms with Gasteiger partial charge in [-0.25, -0.2) is 4.98 Å². The smallest absolute Gasteiger partial charge is 0.233 e. The third-order valence-corrected chi connectivity index (χ3v) is 4.75. The summed E-state index contributed by atoms with van der Waals surface area (Å²) in [6.07, 6.45) is 4.15. The average molecular weight is 397 g/mol. The number of piperidine rings is 1. The Hall–Kier alpha value is -3.40. The average Bonchev–Trinajstić information content (AvgIpc) is 3.28. The molecule has 3 heterocycles. The quantitative estimate of drug-likeness (QED) is 0.571. The van der Waals surface area contributed by atoms with E-state index in [2.05, 4.69) is 30.6 Å². The summed E-state index contributed by atoms with van der Waals surface area (Å²) in [4.78, 5) is 19.4. The topological polar surface area (TPSA) is 121 Å². The summed E-state index contributed by atoms with van der Waals surface area (Å²) in [7, 11) is 3.36. The van der Waals surface area contributed by atoms with Crippen molar-refractivity contribution < 1.29 is 14.3 Å². The monoisotopic (exact) mass is 397 g/mol. The van der Waals surface area contributed by atoms with Crippen LogP contribution in [0.15, 0.2) is 35.2 Å². The van der Waals surface area contributed by atoms with E-state index in [0.29, 0.717) is 55.3 Å². The first kappa shape index (κ1) is 18.9. The summed E-state index contributed by atoms with van der Waals surface area (Å²) in [5.74, 6) is 2.72. The van der Waals surface area contributed by atoms with Gasteiger partial charge in [0.05, 0.1) is 25.0 Å². The number of aliphatic hydroxyl groups excluding tert-OH is 1. The molecular weight excluding hydrogens is 374 g/mol. The van der Waals surface area contributed by atoms with Gasteiger partial charge in [0.2, 0.25) is 17.8 Å². The predicted molar refractivity (Wildman–Crippen MR) is 109 cm³/mol. The van der Waals surface area contributed by atoms with Crippen molar-refractivity contribution >= 4 is 23.5 Å². The number of ether oxygens (including phenoxy) is 1. The number of methoxy groups -OCH3 is 1. The van der Waals surface area contributed by atoms with Crippen molar-refractivity contribution in [3.8, 4) is 17.1 Å². The van der Waals surface area contributed by atoms with E-state index in [4.69, 9.17) is 9.15 Å². The molecule has 1 saturated heterocycles. The lowest BCUT2D eigenvalue weighted by Crippen LogP contribution is -2.37. The molecule has 0 unspecified atom stereocenters. The van der Waals surface area contributed by atoms with Crippen molar-refractivity contribution in [2.24, 2.45) is 0 Å². The maximum absolute atomic E-state index is 9.74. The van der Waals surface area contributed by atoms with Gasteiger partial charge in [-0.15, -0.1) is 0 Å². The Labute approximate surface area is 168 Å². The largest absolute Gasteiger partial charge is 0.496 e. The number of benzene rings is 1. The second-order valence-electron chi connectivity index (χ2n) is 6.66. The zero-order valence-electron chi connectivity index (χ0n) is 16.3. The summed E-state index contributed by atoms with van der Waals surface area (Å²) >= 11 is 0. The van der Waals surface area contributed by atoms with Crippen LogP contribution in [0.5, 0.6) is 5.75 Å². The second kappa shape index (κ2) is 8.31. The fraction of sp³-hybridized carbons (Fsp3) is 0.368. The van der Waals surface area contributed by atoms with E-state index in [-0.39, 0.29) is 6.10 Å². The molecule has 2 aromatic heterocycles. The van der Waals surface area contributed by atoms with Crippen molar-refractivity contribution in [2.45, 2.75) is 18.9 Å². The molecule has 1 aromatic carbocycles. The summed E-state index contributed by atoms with van der Waals surface area (Å²) in [5.41, 5.74) is 1.56. The SMILES string of the molecule is CNc1nc(Nc2ccc(-c3cnco3)c(OC)c2)nc(N2CCC(O)CC2)n1. The first-order chi connectivity index (χ1) is 14.2. The summed E-state index contributed by atoms with van der Waals surface area (Å²) in [6, 6.07) is 5.62. The zero-order valence-corrected chi connectivity index (χ0v) is 16.3. The van der Waals surface area contributed by atoms with Gasteiger partial charge in [-0.05, 0) is 25.0 Å². The van der Waals surface area contributed by atoms with Gasteiger partial charge in [0, 0.05) is 31.9 Å². The van der Waals surface area contributed by atoms with Crippen molar-refractivity contribution in [3.63, 3.8) is 0 Å². The maximum atomic E-state index is 9.74. The number of rotatable bonds is 6. The van der Waals surface area contributed by atoms with Crippen LogP contribution in [-0.4, -0.2) is 58.4 Å². The van der Waals surface area contributed by atoms with Gasteiger partial charge in [0.15, 0.2) is 12.2 Å². The van der Waals surface area contributed by atoms with Crippen LogP contribution in [0, 0.1) is 0 Å². The van der Waals surface area contributed by atoms with E-state index in [0.717, 1.165) is 11.3 Å². The van der Waals surface area contributed by atoms with Crippen molar-refractivity contribution in [1.82, 2.24) is 19.9 Å². The molecule has 0 amide bonds. The third kappa shape index (κ3) is 4.21. The molecule has 1 aliphatic rings. The summed E-state index contributed by atoms with van der Waals surface area (Å²) in [6.45, 7) is 1.40. The number of nitrogens with zero attached hydrogens (tertiary/aromatic N) is 5. The number of hydrogen-bond donors (Lipinski definition) is 3. The highest BCUT2D eigenvalue weighted by Crippen LogP contribution is 2.33. The Kier molecular flexibility index (Phi) is 5.43. The molecule has 29 heavy (non-hydrogen) atoms. The molecule has 10 nitrogen and oxygen atoms in total. The maximum Gasteiger partial charge on any atom is 0.233 e. The van der Waals surface area contributed by atoms with Crippen LogP contribution in [0.3, 0.4) is 0 Å². The molecule has 0 bridgehead atoms. The summed E-state index contributed by atoms with van der Waals surface area (Å²) < 4.78 is 10.9. The van der Waals surface area contributed by atoms with Gasteiger partial charge in [-0.1, -0.05) is 0 Å². The van der Waals surface area contributed by atoms with Crippen LogP contribution in [0.1, 0.15) is 12.8 Å². The van der Waals surface area contributed by atoms with E-state index in [1.165, 1.54) is 6.39 Å². The van der Waals surface area contributed by atoms with E-state index >= 15 is 0 Å². The molecule has 152 valence electrons. The van der Waals surface area contributed by atoms with E-state index in [1.807, 2.05) is 23.1 Å². The van der Waals surface area contributed by atoms with Crippen LogP contribution < -0.4 is 20.3 Å². The number of nitrogens with one attached hydrogen (secondary N) is 2. The molecule has 0 spiro atoms. The van der Waals surface area contributed by atoms with Crippen LogP contribution >= 0.6 is 0 Å². The molecule has 1 aliphatic heterocycles. The van der Waals surface area contributed by atoms with Gasteiger partial charge in [-0.2, -0.15) is 15.0 Å². The number of hydrogen-bond acceptors (Lipinski definition) is 10. The first-order valence-electron chi connectivity index (χ1n) is 9.37. The first-order valence-corrected chi connectivity index (χ1v) is 9.37. The lowest BCUT2D eigenvalue weighted by molar-refractivity contribution is 0.145. The van der Waals surface area contributed by atoms with E-state index < -0.39 is 0 Å². The Morgan fingerprint density at radius 3 is 2.66 bits per heavy atom. The van der Waals surface area contributed by atoms with E-state index in [9.17, 15) is 5.11 Å². The van der Waals surface area contributed by atoms with Gasteiger partial charge < -0.3 is 29.8 Å². The molecule has 10 heteroatoms. The number of aliphatic hydroxyl groups is 1. The molecule has 4 rings (SSSR count). The van der Waals surface area contributed by atoms with Crippen LogP contribution in [0.4, 0.5) is 23.5 Å². The van der Waals surface area contributed by atoms with E-state index in [1.54, 1.807) is 20.4 Å². The Morgan fingerprint density at radius 1 is 1.17 bits per heavy atom. The molecule has 0 aliphatic carbocycles. The number of aromatic nitrogens is 4. The lowest BCUT2D eigenvalue weighted by Gasteiger charge is -2.29. The molecule has 0 radical (unpaired) electrons. The normalized spacial score (nSPS) is 14.7. The fourth-order valence-electron chi connectivity index (χ4n) is 3.19. The molecule has 0 atom stereocenters. The Balaban J connectivity index is 1.59. The lowest BCUT2D eigenvalue weighted by atomic mass is 10.1. The van der Waals surface area contributed by atoms with Gasteiger partial charge in [-0.3, -0.25) is 0 Å². The zero-order chi connectivity index (χ0) is 20.2. The highest BCUT2D eigenvalue weighted by atomic mass is 16.5. The van der Waals surface area contributed by atoms with Crippen LogP contribution in [0.25, 0.3) is 11.3 Å². The van der Waals surface area contributed by atoms with Crippen molar-refractivity contribution in [1.29, 1.82) is 0 Å². The van der Waals surface area contributed by atoms with Crippen LogP contribution in [0.2, 0.25) is 0 Å². The highest BCUT2D eigenvalue weighted by Gasteiger charge is 2.20. The standard InChI is InChI=1S/C19H23N7O3/c1-20-17-23-18(25-19(24-17)26-7-5-13(27)6-8-26)22-12-3-4-14(15(9-12)28-2)16-10-21-11-29-16/h3-4,9-11,13,27H,5-8H2,1-2H3,(H2,20,22,23,24,25). The van der Waals surface area contributed by atoms with Crippen LogP contribution in [-0.2, 0) is 0 Å². The molecule has 3 N–H and O–H groups in total. The summed E-state index contributed by atoms with van der Waals surface area (Å²) in [5, 5.41) is 15.9. The Bertz CT molecular complexity index is 956. The second-order valence-corrected chi connectivity index (χ2v) is 6.66. The molecule has 1 fully saturated rings. The van der Waals surface area contributed by atoms with Gasteiger partial charge in [0.1, 0.15) is 5.75 Å². The minimum atomic E-state index is -0.259. The minimum Gasteiger partial charge on any atom is -0.496 e. The molecule has 0 saturated carbocycles. The van der Waals surface area contributed by atoms with Gasteiger partial charge >= 0.3 is 0 Å². The fourth-order valence-corrected chi connectivity index (χ4v) is 3.19. The predicted octanol–water partition coefficient (Wildman–Crippen LogP) is 2.28. The Morgan fingerprint density at radius 2 is 1.97 bits per heavy atom. The highest BCUT2D eigenvalue weighted by molar-refractivity contribution is 5.71. The minimum absolute atomic E-state index is 0.259. The van der Waals surface area contributed by atoms with Gasteiger partial charge in [0.25, 0.3) is 0 Å². The van der Waals surface area contributed by atoms with Crippen molar-refractivity contribution in [2.75, 3.05) is 42.8 Å². The number of anilines is 4. The number of oxazole rings is 1.